The van der Waals surface area contributed by atoms with Gasteiger partial charge in [0.1, 0.15) is 11.5 Å². The molecule has 1 aromatic rings. The summed E-state index contributed by atoms with van der Waals surface area (Å²) in [7, 11) is 0. The van der Waals surface area contributed by atoms with Crippen LogP contribution in [0.3, 0.4) is 0 Å². The monoisotopic (exact) mass is 263 g/mol. The normalized spacial score (nSPS) is 26.1. The van der Waals surface area contributed by atoms with Gasteiger partial charge in [-0.05, 0) is 51.2 Å². The maximum atomic E-state index is 5.72. The molecule has 19 heavy (non-hydrogen) atoms. The third-order valence-corrected chi connectivity index (χ3v) is 4.46. The summed E-state index contributed by atoms with van der Waals surface area (Å²) in [6.07, 6.45) is 9.62. The van der Waals surface area contributed by atoms with Crippen LogP contribution in [0.1, 0.15) is 76.4 Å². The Morgan fingerprint density at radius 2 is 2.11 bits per heavy atom. The van der Waals surface area contributed by atoms with Gasteiger partial charge < -0.3 is 9.73 Å². The molecule has 0 aliphatic heterocycles. The number of furan rings is 1. The zero-order valence-corrected chi connectivity index (χ0v) is 12.7. The van der Waals surface area contributed by atoms with Crippen LogP contribution in [0.2, 0.25) is 0 Å². The molecule has 0 aromatic carbocycles. The first-order valence-electron chi connectivity index (χ1n) is 8.01. The molecule has 0 spiro atoms. The molecule has 0 radical (unpaired) electrons. The van der Waals surface area contributed by atoms with Gasteiger partial charge in [-0.2, -0.15) is 0 Å². The van der Waals surface area contributed by atoms with Crippen LogP contribution in [0.25, 0.3) is 0 Å². The van der Waals surface area contributed by atoms with E-state index in [1.807, 2.05) is 6.92 Å². The molecule has 2 nitrogen and oxygen atoms in total. The Labute approximate surface area is 118 Å². The molecular weight excluding hydrogens is 234 g/mol. The quantitative estimate of drug-likeness (QED) is 0.757. The van der Waals surface area contributed by atoms with Crippen molar-refractivity contribution in [1.29, 1.82) is 0 Å². The van der Waals surface area contributed by atoms with Crippen molar-refractivity contribution >= 4 is 0 Å². The van der Waals surface area contributed by atoms with E-state index in [0.29, 0.717) is 12.1 Å². The number of nitrogens with one attached hydrogen (secondary N) is 1. The second kappa shape index (κ2) is 7.14. The summed E-state index contributed by atoms with van der Waals surface area (Å²) in [5.41, 5.74) is 0. The van der Waals surface area contributed by atoms with Crippen molar-refractivity contribution in [3.05, 3.63) is 23.7 Å². The molecule has 2 rings (SSSR count). The van der Waals surface area contributed by atoms with E-state index in [1.165, 1.54) is 44.9 Å². The lowest BCUT2D eigenvalue weighted by atomic mass is 9.95. The van der Waals surface area contributed by atoms with Gasteiger partial charge in [0, 0.05) is 6.04 Å². The van der Waals surface area contributed by atoms with E-state index in [2.05, 4.69) is 31.3 Å². The first-order chi connectivity index (χ1) is 9.19. The van der Waals surface area contributed by atoms with Crippen molar-refractivity contribution < 1.29 is 4.42 Å². The van der Waals surface area contributed by atoms with Crippen LogP contribution in [-0.4, -0.2) is 6.04 Å². The van der Waals surface area contributed by atoms with E-state index in [-0.39, 0.29) is 0 Å². The van der Waals surface area contributed by atoms with E-state index in [4.69, 9.17) is 4.42 Å². The highest BCUT2D eigenvalue weighted by atomic mass is 16.3. The van der Waals surface area contributed by atoms with E-state index >= 15 is 0 Å². The highest BCUT2D eigenvalue weighted by molar-refractivity contribution is 5.09. The molecule has 1 heterocycles. The predicted molar refractivity (Wildman–Crippen MR) is 80.3 cm³/mol. The highest BCUT2D eigenvalue weighted by Gasteiger charge is 2.20. The summed E-state index contributed by atoms with van der Waals surface area (Å²) in [6.45, 7) is 6.53. The maximum Gasteiger partial charge on any atom is 0.120 e. The third kappa shape index (κ3) is 4.38. The Kier molecular flexibility index (Phi) is 5.50. The van der Waals surface area contributed by atoms with Gasteiger partial charge in [-0.25, -0.2) is 0 Å². The summed E-state index contributed by atoms with van der Waals surface area (Å²) in [6, 6.07) is 5.16. The van der Waals surface area contributed by atoms with Crippen LogP contribution in [0.15, 0.2) is 16.5 Å². The van der Waals surface area contributed by atoms with Gasteiger partial charge >= 0.3 is 0 Å². The first kappa shape index (κ1) is 14.6. The molecule has 1 N–H and O–H groups in total. The van der Waals surface area contributed by atoms with Gasteiger partial charge in [-0.15, -0.1) is 0 Å². The molecule has 108 valence electrons. The van der Waals surface area contributed by atoms with Crippen molar-refractivity contribution in [2.24, 2.45) is 5.92 Å². The van der Waals surface area contributed by atoms with Crippen LogP contribution in [0.4, 0.5) is 0 Å². The van der Waals surface area contributed by atoms with Crippen molar-refractivity contribution in [2.45, 2.75) is 77.8 Å². The average molecular weight is 263 g/mol. The largest absolute Gasteiger partial charge is 0.465 e. The molecule has 1 fully saturated rings. The number of hydrogen-bond acceptors (Lipinski definition) is 2. The summed E-state index contributed by atoms with van der Waals surface area (Å²) in [5, 5.41) is 3.76. The number of rotatable bonds is 5. The molecule has 1 saturated carbocycles. The topological polar surface area (TPSA) is 25.2 Å². The Morgan fingerprint density at radius 3 is 2.79 bits per heavy atom. The molecular formula is C17H29NO. The Bertz CT molecular complexity index is 371. The van der Waals surface area contributed by atoms with Crippen molar-refractivity contribution in [1.82, 2.24) is 5.32 Å². The molecule has 3 unspecified atom stereocenters. The fraction of sp³-hybridized carbons (Fsp3) is 0.765. The van der Waals surface area contributed by atoms with E-state index < -0.39 is 0 Å². The lowest BCUT2D eigenvalue weighted by molar-refractivity contribution is 0.354. The summed E-state index contributed by atoms with van der Waals surface area (Å²) >= 11 is 0. The molecule has 2 heteroatoms. The fourth-order valence-electron chi connectivity index (χ4n) is 3.36. The van der Waals surface area contributed by atoms with E-state index in [9.17, 15) is 0 Å². The molecule has 1 aromatic heterocycles. The Hall–Kier alpha value is -0.760. The lowest BCUT2D eigenvalue weighted by Crippen LogP contribution is -2.30. The predicted octanol–water partition coefficient (Wildman–Crippen LogP) is 4.99. The number of hydrogen-bond donors (Lipinski definition) is 1. The molecule has 0 amide bonds. The maximum absolute atomic E-state index is 5.72. The third-order valence-electron chi connectivity index (χ3n) is 4.46. The second-order valence-electron chi connectivity index (χ2n) is 6.20. The molecule has 3 atom stereocenters. The molecule has 0 saturated heterocycles. The van der Waals surface area contributed by atoms with Gasteiger partial charge in [-0.3, -0.25) is 0 Å². The van der Waals surface area contributed by atoms with E-state index in [0.717, 1.165) is 17.4 Å². The SMILES string of the molecule is CCCC1CCCC(NC(C)c2ccc(C)o2)CC1. The Morgan fingerprint density at radius 1 is 1.26 bits per heavy atom. The van der Waals surface area contributed by atoms with Gasteiger partial charge in [0.25, 0.3) is 0 Å². The zero-order valence-electron chi connectivity index (χ0n) is 12.7. The second-order valence-corrected chi connectivity index (χ2v) is 6.20. The Balaban J connectivity index is 1.82. The van der Waals surface area contributed by atoms with Crippen molar-refractivity contribution in [3.63, 3.8) is 0 Å². The summed E-state index contributed by atoms with van der Waals surface area (Å²) < 4.78 is 5.72. The van der Waals surface area contributed by atoms with Crippen LogP contribution in [0, 0.1) is 12.8 Å². The van der Waals surface area contributed by atoms with Gasteiger partial charge in [0.2, 0.25) is 0 Å². The minimum absolute atomic E-state index is 0.335. The van der Waals surface area contributed by atoms with Crippen molar-refractivity contribution in [3.8, 4) is 0 Å². The summed E-state index contributed by atoms with van der Waals surface area (Å²) in [5.74, 6) is 3.05. The van der Waals surface area contributed by atoms with Gasteiger partial charge in [-0.1, -0.05) is 32.6 Å². The van der Waals surface area contributed by atoms with Crippen LogP contribution in [-0.2, 0) is 0 Å². The number of aryl methyl sites for hydroxylation is 1. The summed E-state index contributed by atoms with van der Waals surface area (Å²) in [4.78, 5) is 0. The van der Waals surface area contributed by atoms with Gasteiger partial charge in [0.15, 0.2) is 0 Å². The standard InChI is InChI=1S/C17H29NO/c1-4-6-15-7-5-8-16(11-10-15)18-14(3)17-12-9-13(2)19-17/h9,12,14-16,18H,4-8,10-11H2,1-3H3. The van der Waals surface area contributed by atoms with E-state index in [1.54, 1.807) is 0 Å². The van der Waals surface area contributed by atoms with Crippen LogP contribution in [0.5, 0.6) is 0 Å². The average Bonchev–Trinajstić information content (AvgIpc) is 2.70. The van der Waals surface area contributed by atoms with Crippen molar-refractivity contribution in [2.75, 3.05) is 0 Å². The fourth-order valence-corrected chi connectivity index (χ4v) is 3.36. The zero-order chi connectivity index (χ0) is 13.7. The molecule has 1 aliphatic rings. The van der Waals surface area contributed by atoms with Gasteiger partial charge in [0.05, 0.1) is 6.04 Å². The van der Waals surface area contributed by atoms with Crippen LogP contribution < -0.4 is 5.32 Å². The minimum Gasteiger partial charge on any atom is -0.465 e. The molecule has 0 bridgehead atoms. The lowest BCUT2D eigenvalue weighted by Gasteiger charge is -2.21. The first-order valence-corrected chi connectivity index (χ1v) is 8.01. The van der Waals surface area contributed by atoms with Crippen LogP contribution >= 0.6 is 0 Å². The highest BCUT2D eigenvalue weighted by Crippen LogP contribution is 2.28. The molecule has 1 aliphatic carbocycles. The minimum atomic E-state index is 0.335. The smallest absolute Gasteiger partial charge is 0.120 e.